The molecule has 5 amide bonds. The Morgan fingerprint density at radius 1 is 0.959 bits per heavy atom. The van der Waals surface area contributed by atoms with Crippen molar-refractivity contribution < 1.29 is 28.7 Å². The van der Waals surface area contributed by atoms with Crippen molar-refractivity contribution in [2.24, 2.45) is 0 Å². The third kappa shape index (κ3) is 8.57. The third-order valence-corrected chi connectivity index (χ3v) is 8.81. The summed E-state index contributed by atoms with van der Waals surface area (Å²) in [5.74, 6) is 0.130. The number of hydrogen-bond acceptors (Lipinski definition) is 7. The van der Waals surface area contributed by atoms with Gasteiger partial charge in [-0.25, -0.2) is 19.6 Å². The summed E-state index contributed by atoms with van der Waals surface area (Å²) in [4.78, 5) is 57.3. The lowest BCUT2D eigenvalue weighted by Crippen LogP contribution is -2.76. The van der Waals surface area contributed by atoms with Crippen molar-refractivity contribution in [2.75, 3.05) is 46.9 Å². The molecule has 2 aliphatic rings. The van der Waals surface area contributed by atoms with Gasteiger partial charge in [-0.2, -0.15) is 0 Å². The molecule has 49 heavy (non-hydrogen) atoms. The maximum Gasteiger partial charge on any atom is 0.407 e. The number of urea groups is 1. The van der Waals surface area contributed by atoms with Crippen molar-refractivity contribution in [3.63, 3.8) is 0 Å². The number of benzene rings is 3. The number of carbonyl (C=O) groups excluding carboxylic acids is 4. The van der Waals surface area contributed by atoms with E-state index in [4.69, 9.17) is 9.47 Å². The van der Waals surface area contributed by atoms with E-state index in [-0.39, 0.29) is 63.0 Å². The molecule has 2 atom stereocenters. The molecule has 2 saturated heterocycles. The molecular formula is C37H44N6O6. The Morgan fingerprint density at radius 3 is 2.22 bits per heavy atom. The zero-order valence-corrected chi connectivity index (χ0v) is 28.0. The molecule has 2 N–H and O–H groups in total. The second kappa shape index (κ2) is 16.6. The lowest BCUT2D eigenvalue weighted by Gasteiger charge is -2.54. The molecule has 0 unspecified atom stereocenters. The summed E-state index contributed by atoms with van der Waals surface area (Å²) in [5.41, 5.74) is 2.98. The number of amides is 5. The van der Waals surface area contributed by atoms with Gasteiger partial charge in [0.2, 0.25) is 11.8 Å². The van der Waals surface area contributed by atoms with E-state index in [0.717, 1.165) is 16.7 Å². The molecule has 0 bridgehead atoms. The molecule has 12 nitrogen and oxygen atoms in total. The topological polar surface area (TPSA) is 124 Å². The number of ether oxygens (including phenoxy) is 2. The highest BCUT2D eigenvalue weighted by molar-refractivity contribution is 5.91. The van der Waals surface area contributed by atoms with Crippen molar-refractivity contribution in [3.8, 4) is 5.75 Å². The van der Waals surface area contributed by atoms with Gasteiger partial charge in [0, 0.05) is 32.6 Å². The number of rotatable bonds is 13. The van der Waals surface area contributed by atoms with Gasteiger partial charge >= 0.3 is 12.1 Å². The van der Waals surface area contributed by atoms with Gasteiger partial charge in [0.25, 0.3) is 0 Å². The van der Waals surface area contributed by atoms with E-state index in [1.165, 1.54) is 6.08 Å². The number of likely N-dealkylation sites (N-methyl/N-ethyl adjacent to an activating group) is 1. The van der Waals surface area contributed by atoms with Gasteiger partial charge in [0.1, 0.15) is 24.6 Å². The van der Waals surface area contributed by atoms with Crippen LogP contribution in [0.15, 0.2) is 97.6 Å². The monoisotopic (exact) mass is 668 g/mol. The van der Waals surface area contributed by atoms with Crippen LogP contribution < -0.4 is 15.4 Å². The summed E-state index contributed by atoms with van der Waals surface area (Å²) in [6.07, 6.45) is 0.835. The molecule has 12 heteroatoms. The second-order valence-corrected chi connectivity index (χ2v) is 12.0. The van der Waals surface area contributed by atoms with Gasteiger partial charge in [-0.1, -0.05) is 85.5 Å². The average molecular weight is 669 g/mol. The third-order valence-electron chi connectivity index (χ3n) is 8.81. The van der Waals surface area contributed by atoms with Crippen molar-refractivity contribution in [3.05, 3.63) is 114 Å². The predicted molar refractivity (Wildman–Crippen MR) is 184 cm³/mol. The fourth-order valence-electron chi connectivity index (χ4n) is 6.41. The van der Waals surface area contributed by atoms with Crippen molar-refractivity contribution in [2.45, 2.75) is 37.5 Å². The van der Waals surface area contributed by atoms with E-state index in [2.05, 4.69) is 17.2 Å². The quantitative estimate of drug-likeness (QED) is 0.209. The standard InChI is InChI=1S/C37H44N6O6/c1-4-22-49-37(47)38-21-11-16-32-35(45)41(24-31(28-12-7-5-8-13-28)29-14-9-6-10-15-29)25-33-42(32)34(44)26-40(2)43(33)36(46)39-23-27-17-19-30(48-3)20-18-27/h4-10,12-15,17-20,31-33H,1,11,16,21-26H2,2-3H3,(H,38,47)(H,39,46)/t32-,33-/m0/s1. The Kier molecular flexibility index (Phi) is 11.9. The number of methoxy groups -OCH3 is 1. The lowest BCUT2D eigenvalue weighted by molar-refractivity contribution is -0.187. The van der Waals surface area contributed by atoms with E-state index < -0.39 is 18.3 Å². The van der Waals surface area contributed by atoms with Crippen LogP contribution in [-0.2, 0) is 20.9 Å². The lowest BCUT2D eigenvalue weighted by atomic mass is 9.90. The SMILES string of the molecule is C=CCOC(=O)NCCC[C@H]1C(=O)N(CC(c2ccccc2)c2ccccc2)C[C@H]2N1C(=O)CN(C)N2C(=O)NCc1ccc(OC)cc1. The Balaban J connectivity index is 1.41. The predicted octanol–water partition coefficient (Wildman–Crippen LogP) is 3.96. The molecule has 3 aromatic rings. The number of nitrogens with one attached hydrogen (secondary N) is 2. The number of alkyl carbamates (subject to hydrolysis) is 1. The maximum absolute atomic E-state index is 14.4. The van der Waals surface area contributed by atoms with Gasteiger partial charge in [-0.05, 0) is 41.7 Å². The van der Waals surface area contributed by atoms with Gasteiger partial charge in [-0.15, -0.1) is 0 Å². The molecule has 0 aliphatic carbocycles. The van der Waals surface area contributed by atoms with E-state index in [1.807, 2.05) is 84.9 Å². The minimum atomic E-state index is -0.838. The first kappa shape index (κ1) is 35.0. The Labute approximate surface area is 287 Å². The number of hydrazine groups is 1. The summed E-state index contributed by atoms with van der Waals surface area (Å²) in [6.45, 7) is 4.54. The molecule has 2 heterocycles. The van der Waals surface area contributed by atoms with Crippen LogP contribution in [-0.4, -0.2) is 103 Å². The summed E-state index contributed by atoms with van der Waals surface area (Å²) >= 11 is 0. The van der Waals surface area contributed by atoms with Crippen molar-refractivity contribution in [1.29, 1.82) is 0 Å². The van der Waals surface area contributed by atoms with Crippen LogP contribution in [0.2, 0.25) is 0 Å². The Hall–Kier alpha value is -5.36. The molecule has 5 rings (SSSR count). The van der Waals surface area contributed by atoms with Crippen LogP contribution >= 0.6 is 0 Å². The zero-order valence-electron chi connectivity index (χ0n) is 28.0. The number of nitrogens with zero attached hydrogens (tertiary/aromatic N) is 4. The maximum atomic E-state index is 14.4. The largest absolute Gasteiger partial charge is 0.497 e. The highest BCUT2D eigenvalue weighted by Gasteiger charge is 2.50. The number of hydrogen-bond donors (Lipinski definition) is 2. The number of carbonyl (C=O) groups is 4. The summed E-state index contributed by atoms with van der Waals surface area (Å²) in [7, 11) is 3.30. The smallest absolute Gasteiger partial charge is 0.407 e. The van der Waals surface area contributed by atoms with Crippen LogP contribution in [0.4, 0.5) is 9.59 Å². The van der Waals surface area contributed by atoms with Gasteiger partial charge in [0.05, 0.1) is 20.2 Å². The van der Waals surface area contributed by atoms with Gasteiger partial charge in [0.15, 0.2) is 0 Å². The minimum Gasteiger partial charge on any atom is -0.497 e. The first-order valence-electron chi connectivity index (χ1n) is 16.4. The fraction of sp³-hybridized carbons (Fsp3) is 0.351. The van der Waals surface area contributed by atoms with E-state index in [9.17, 15) is 19.2 Å². The molecule has 258 valence electrons. The van der Waals surface area contributed by atoms with Crippen LogP contribution in [0.1, 0.15) is 35.4 Å². The Bertz CT molecular complexity index is 1550. The molecule has 3 aromatic carbocycles. The first-order chi connectivity index (χ1) is 23.8. The Morgan fingerprint density at radius 2 is 1.61 bits per heavy atom. The summed E-state index contributed by atoms with van der Waals surface area (Å²) < 4.78 is 10.2. The fourth-order valence-corrected chi connectivity index (χ4v) is 6.41. The molecular weight excluding hydrogens is 624 g/mol. The van der Waals surface area contributed by atoms with Crippen LogP contribution in [0.25, 0.3) is 0 Å². The molecule has 2 aliphatic heterocycles. The zero-order chi connectivity index (χ0) is 34.8. The van der Waals surface area contributed by atoms with E-state index in [1.54, 1.807) is 34.0 Å². The highest BCUT2D eigenvalue weighted by atomic mass is 16.5. The van der Waals surface area contributed by atoms with Gasteiger partial charge in [-0.3, -0.25) is 9.59 Å². The molecule has 0 aromatic heterocycles. The molecule has 0 spiro atoms. The normalized spacial score (nSPS) is 17.8. The second-order valence-electron chi connectivity index (χ2n) is 12.0. The summed E-state index contributed by atoms with van der Waals surface area (Å²) in [6, 6.07) is 26.2. The van der Waals surface area contributed by atoms with Crippen LogP contribution in [0.5, 0.6) is 5.75 Å². The minimum absolute atomic E-state index is 0.0704. The molecule has 2 fully saturated rings. The number of fused-ring (bicyclic) bond motifs is 1. The first-order valence-corrected chi connectivity index (χ1v) is 16.4. The number of piperazine rings is 1. The molecule has 0 saturated carbocycles. The summed E-state index contributed by atoms with van der Waals surface area (Å²) in [5, 5.41) is 8.84. The highest BCUT2D eigenvalue weighted by Crippen LogP contribution is 2.32. The van der Waals surface area contributed by atoms with Crippen LogP contribution in [0, 0.1) is 0 Å². The van der Waals surface area contributed by atoms with Gasteiger partial charge < -0.3 is 29.9 Å². The average Bonchev–Trinajstić information content (AvgIpc) is 3.12. The van der Waals surface area contributed by atoms with E-state index in [0.29, 0.717) is 18.7 Å². The molecule has 0 radical (unpaired) electrons. The van der Waals surface area contributed by atoms with E-state index >= 15 is 0 Å². The van der Waals surface area contributed by atoms with Crippen molar-refractivity contribution in [1.82, 2.24) is 30.5 Å². The van der Waals surface area contributed by atoms with Crippen molar-refractivity contribution >= 4 is 23.9 Å². The van der Waals surface area contributed by atoms with Crippen LogP contribution in [0.3, 0.4) is 0 Å².